The van der Waals surface area contributed by atoms with E-state index in [1.54, 1.807) is 37.5 Å². The Hall–Kier alpha value is -3.26. The zero-order chi connectivity index (χ0) is 21.3. The van der Waals surface area contributed by atoms with Crippen molar-refractivity contribution in [2.75, 3.05) is 18.2 Å². The van der Waals surface area contributed by atoms with Crippen molar-refractivity contribution in [2.24, 2.45) is 0 Å². The van der Waals surface area contributed by atoms with Crippen LogP contribution in [0.5, 0.6) is 11.5 Å². The number of methoxy groups -OCH3 is 1. The Morgan fingerprint density at radius 3 is 2.70 bits per heavy atom. The van der Waals surface area contributed by atoms with Crippen molar-refractivity contribution in [3.05, 3.63) is 72.6 Å². The summed E-state index contributed by atoms with van der Waals surface area (Å²) in [5.74, 6) is 2.27. The lowest BCUT2D eigenvalue weighted by Crippen LogP contribution is -2.15. The first-order valence-corrected chi connectivity index (χ1v) is 10.4. The van der Waals surface area contributed by atoms with Crippen molar-refractivity contribution in [1.29, 1.82) is 0 Å². The number of aryl methyl sites for hydroxylation is 1. The maximum Gasteiger partial charge on any atom is 0.234 e. The lowest BCUT2D eigenvalue weighted by Gasteiger charge is -2.10. The molecule has 156 valence electrons. The zero-order valence-electron chi connectivity index (χ0n) is 17.0. The van der Waals surface area contributed by atoms with Crippen LogP contribution in [0.3, 0.4) is 0 Å². The Bertz CT molecular complexity index is 1000. The van der Waals surface area contributed by atoms with Gasteiger partial charge in [0.2, 0.25) is 5.91 Å². The van der Waals surface area contributed by atoms with Crippen LogP contribution >= 0.6 is 11.8 Å². The third kappa shape index (κ3) is 5.87. The predicted molar refractivity (Wildman–Crippen MR) is 118 cm³/mol. The Morgan fingerprint density at radius 2 is 2.00 bits per heavy atom. The van der Waals surface area contributed by atoms with Crippen LogP contribution in [0.1, 0.15) is 11.4 Å². The van der Waals surface area contributed by atoms with Gasteiger partial charge in [0.25, 0.3) is 0 Å². The van der Waals surface area contributed by atoms with Gasteiger partial charge >= 0.3 is 0 Å². The number of aromatic nitrogens is 3. The lowest BCUT2D eigenvalue weighted by molar-refractivity contribution is -0.113. The molecule has 0 saturated heterocycles. The highest BCUT2D eigenvalue weighted by Gasteiger charge is 2.14. The highest BCUT2D eigenvalue weighted by Crippen LogP contribution is 2.20. The minimum atomic E-state index is -0.129. The number of benzene rings is 2. The van der Waals surface area contributed by atoms with Gasteiger partial charge in [-0.15, -0.1) is 16.8 Å². The molecule has 8 heteroatoms. The summed E-state index contributed by atoms with van der Waals surface area (Å²) in [4.78, 5) is 12.3. The molecule has 3 rings (SSSR count). The average molecular weight is 425 g/mol. The molecule has 1 heterocycles. The molecule has 0 aliphatic heterocycles. The smallest absolute Gasteiger partial charge is 0.234 e. The zero-order valence-corrected chi connectivity index (χ0v) is 17.8. The first kappa shape index (κ1) is 21.4. The SMILES string of the molecule is C=CCn1c(COc2cccc(C)c2)nnc1SCC(=O)Nc1ccc(OC)cc1. The minimum absolute atomic E-state index is 0.129. The summed E-state index contributed by atoms with van der Waals surface area (Å²) in [6.45, 7) is 6.62. The van der Waals surface area contributed by atoms with Crippen LogP contribution < -0.4 is 14.8 Å². The summed E-state index contributed by atoms with van der Waals surface area (Å²) in [6.07, 6.45) is 1.76. The van der Waals surface area contributed by atoms with E-state index in [1.165, 1.54) is 11.8 Å². The second-order valence-electron chi connectivity index (χ2n) is 6.47. The molecule has 0 saturated carbocycles. The van der Waals surface area contributed by atoms with Gasteiger partial charge in [-0.1, -0.05) is 30.0 Å². The van der Waals surface area contributed by atoms with Gasteiger partial charge in [-0.3, -0.25) is 9.36 Å². The van der Waals surface area contributed by atoms with Crippen molar-refractivity contribution in [3.8, 4) is 11.5 Å². The van der Waals surface area contributed by atoms with E-state index in [0.29, 0.717) is 23.2 Å². The number of anilines is 1. The number of allylic oxidation sites excluding steroid dienone is 1. The molecule has 0 spiro atoms. The number of ether oxygens (including phenoxy) is 2. The molecule has 7 nitrogen and oxygen atoms in total. The molecular weight excluding hydrogens is 400 g/mol. The monoisotopic (exact) mass is 424 g/mol. The van der Waals surface area contributed by atoms with E-state index >= 15 is 0 Å². The van der Waals surface area contributed by atoms with Crippen molar-refractivity contribution >= 4 is 23.4 Å². The summed E-state index contributed by atoms with van der Waals surface area (Å²) in [5, 5.41) is 11.9. The first-order valence-electron chi connectivity index (χ1n) is 9.38. The molecule has 30 heavy (non-hydrogen) atoms. The largest absolute Gasteiger partial charge is 0.497 e. The van der Waals surface area contributed by atoms with Crippen LogP contribution in [0.15, 0.2) is 66.3 Å². The number of amides is 1. The average Bonchev–Trinajstić information content (AvgIpc) is 3.13. The van der Waals surface area contributed by atoms with Crippen molar-refractivity contribution in [3.63, 3.8) is 0 Å². The quantitative estimate of drug-likeness (QED) is 0.390. The van der Waals surface area contributed by atoms with Crippen LogP contribution in [0, 0.1) is 6.92 Å². The topological polar surface area (TPSA) is 78.3 Å². The number of carbonyl (C=O) groups is 1. The number of carbonyl (C=O) groups excluding carboxylic acids is 1. The van der Waals surface area contributed by atoms with Gasteiger partial charge < -0.3 is 14.8 Å². The summed E-state index contributed by atoms with van der Waals surface area (Å²) in [5.41, 5.74) is 1.83. The second-order valence-corrected chi connectivity index (χ2v) is 7.41. The van der Waals surface area contributed by atoms with E-state index < -0.39 is 0 Å². The number of hydrogen-bond acceptors (Lipinski definition) is 6. The standard InChI is InChI=1S/C22H24N4O3S/c1-4-12-26-20(14-29-19-7-5-6-16(2)13-19)24-25-22(26)30-15-21(27)23-17-8-10-18(28-3)11-9-17/h4-11,13H,1,12,14-15H2,2-3H3,(H,23,27). The van der Waals surface area contributed by atoms with E-state index in [1.807, 2.05) is 35.8 Å². The summed E-state index contributed by atoms with van der Waals surface area (Å²) in [6, 6.07) is 15.0. The van der Waals surface area contributed by atoms with Crippen LogP contribution in [0.4, 0.5) is 5.69 Å². The van der Waals surface area contributed by atoms with E-state index in [2.05, 4.69) is 22.1 Å². The maximum absolute atomic E-state index is 12.3. The van der Waals surface area contributed by atoms with E-state index in [4.69, 9.17) is 9.47 Å². The molecule has 0 fully saturated rings. The van der Waals surface area contributed by atoms with Gasteiger partial charge in [0, 0.05) is 12.2 Å². The number of nitrogens with one attached hydrogen (secondary N) is 1. The van der Waals surface area contributed by atoms with E-state index in [0.717, 1.165) is 17.1 Å². The van der Waals surface area contributed by atoms with E-state index in [-0.39, 0.29) is 18.3 Å². The molecule has 0 atom stereocenters. The van der Waals surface area contributed by atoms with Gasteiger partial charge in [0.15, 0.2) is 11.0 Å². The molecular formula is C22H24N4O3S. The molecule has 0 aliphatic carbocycles. The van der Waals surface area contributed by atoms with Crippen LogP contribution in [-0.4, -0.2) is 33.5 Å². The summed E-state index contributed by atoms with van der Waals surface area (Å²) >= 11 is 1.32. The summed E-state index contributed by atoms with van der Waals surface area (Å²) < 4.78 is 12.9. The van der Waals surface area contributed by atoms with Crippen LogP contribution in [-0.2, 0) is 17.9 Å². The molecule has 0 radical (unpaired) electrons. The molecule has 1 N–H and O–H groups in total. The van der Waals surface area contributed by atoms with Gasteiger partial charge in [0.1, 0.15) is 18.1 Å². The molecule has 1 amide bonds. The third-order valence-electron chi connectivity index (χ3n) is 4.17. The Balaban J connectivity index is 1.59. The molecule has 1 aromatic heterocycles. The number of rotatable bonds is 10. The highest BCUT2D eigenvalue weighted by molar-refractivity contribution is 7.99. The third-order valence-corrected chi connectivity index (χ3v) is 5.14. The fourth-order valence-corrected chi connectivity index (χ4v) is 3.47. The van der Waals surface area contributed by atoms with Gasteiger partial charge in [0.05, 0.1) is 12.9 Å². The number of thioether (sulfide) groups is 1. The minimum Gasteiger partial charge on any atom is -0.497 e. The molecule has 0 aliphatic rings. The lowest BCUT2D eigenvalue weighted by atomic mass is 10.2. The van der Waals surface area contributed by atoms with Gasteiger partial charge in [-0.2, -0.15) is 0 Å². The second kappa shape index (κ2) is 10.5. The molecule has 3 aromatic rings. The van der Waals surface area contributed by atoms with Crippen LogP contribution in [0.2, 0.25) is 0 Å². The summed E-state index contributed by atoms with van der Waals surface area (Å²) in [7, 11) is 1.60. The molecule has 0 bridgehead atoms. The Kier molecular flexibility index (Phi) is 7.51. The van der Waals surface area contributed by atoms with Crippen molar-refractivity contribution in [1.82, 2.24) is 14.8 Å². The first-order chi connectivity index (χ1) is 14.6. The maximum atomic E-state index is 12.3. The number of hydrogen-bond donors (Lipinski definition) is 1. The molecule has 0 unspecified atom stereocenters. The Morgan fingerprint density at radius 1 is 1.20 bits per heavy atom. The fraction of sp³-hybridized carbons (Fsp3) is 0.227. The van der Waals surface area contributed by atoms with Gasteiger partial charge in [-0.25, -0.2) is 0 Å². The Labute approximate surface area is 180 Å². The molecule has 2 aromatic carbocycles. The normalized spacial score (nSPS) is 10.5. The van der Waals surface area contributed by atoms with Crippen molar-refractivity contribution < 1.29 is 14.3 Å². The van der Waals surface area contributed by atoms with E-state index in [9.17, 15) is 4.79 Å². The number of nitrogens with zero attached hydrogens (tertiary/aromatic N) is 3. The highest BCUT2D eigenvalue weighted by atomic mass is 32.2. The van der Waals surface area contributed by atoms with Gasteiger partial charge in [-0.05, 0) is 48.9 Å². The predicted octanol–water partition coefficient (Wildman–Crippen LogP) is 4.09. The van der Waals surface area contributed by atoms with Crippen LogP contribution in [0.25, 0.3) is 0 Å². The fourth-order valence-electron chi connectivity index (χ4n) is 2.70. The van der Waals surface area contributed by atoms with Crippen molar-refractivity contribution in [2.45, 2.75) is 25.2 Å².